The van der Waals surface area contributed by atoms with Crippen molar-refractivity contribution >= 4 is 44.6 Å². The highest BCUT2D eigenvalue weighted by Crippen LogP contribution is 2.29. The number of carbonyl (C=O) groups excluding carboxylic acids is 1. The molecule has 0 atom stereocenters. The van der Waals surface area contributed by atoms with E-state index in [-0.39, 0.29) is 10.8 Å². The van der Waals surface area contributed by atoms with Gasteiger partial charge >= 0.3 is 0 Å². The minimum Gasteiger partial charge on any atom is -0.378 e. The summed E-state index contributed by atoms with van der Waals surface area (Å²) in [5, 5.41) is 0. The Morgan fingerprint density at radius 3 is 2.55 bits per heavy atom. The zero-order valence-electron chi connectivity index (χ0n) is 17.6. The molecule has 1 aromatic heterocycles. The van der Waals surface area contributed by atoms with Crippen LogP contribution < -0.4 is 4.90 Å². The lowest BCUT2D eigenvalue weighted by atomic mass is 10.1. The highest BCUT2D eigenvalue weighted by Gasteiger charge is 2.26. The lowest BCUT2D eigenvalue weighted by Gasteiger charge is -2.32. The fraction of sp³-hybridized carbons (Fsp3) is 0.381. The highest BCUT2D eigenvalue weighted by atomic mass is 35.5. The van der Waals surface area contributed by atoms with Crippen LogP contribution in [0.1, 0.15) is 15.2 Å². The van der Waals surface area contributed by atoms with Gasteiger partial charge in [0, 0.05) is 44.3 Å². The molecule has 168 valence electrons. The van der Waals surface area contributed by atoms with Crippen molar-refractivity contribution in [3.63, 3.8) is 0 Å². The number of anilines is 1. The van der Waals surface area contributed by atoms with Gasteiger partial charge in [-0.15, -0.1) is 17.9 Å². The standard InChI is InChI=1S/C21H26ClN3O4S2/c1-4-9-25(15-16-5-8-20(22)30-16)21(26)18-14-17(31(27,28)23(2)3)6-7-19(18)24-10-12-29-13-11-24/h4-8,14H,1,9-13,15H2,2-3H3. The molecule has 7 nitrogen and oxygen atoms in total. The van der Waals surface area contributed by atoms with Gasteiger partial charge < -0.3 is 14.5 Å². The lowest BCUT2D eigenvalue weighted by molar-refractivity contribution is 0.0763. The SMILES string of the molecule is C=CCN(Cc1ccc(Cl)s1)C(=O)c1cc(S(=O)(=O)N(C)C)ccc1N1CCOCC1. The molecule has 0 bridgehead atoms. The van der Waals surface area contributed by atoms with E-state index < -0.39 is 10.0 Å². The second kappa shape index (κ2) is 10.1. The van der Waals surface area contributed by atoms with E-state index in [0.29, 0.717) is 55.0 Å². The normalized spacial score (nSPS) is 14.6. The van der Waals surface area contributed by atoms with Gasteiger partial charge in [0.25, 0.3) is 5.91 Å². The summed E-state index contributed by atoms with van der Waals surface area (Å²) < 4.78 is 32.7. The van der Waals surface area contributed by atoms with Crippen LogP contribution >= 0.6 is 22.9 Å². The van der Waals surface area contributed by atoms with E-state index in [9.17, 15) is 13.2 Å². The number of carbonyl (C=O) groups is 1. The number of amides is 1. The highest BCUT2D eigenvalue weighted by molar-refractivity contribution is 7.89. The van der Waals surface area contributed by atoms with E-state index in [0.717, 1.165) is 9.18 Å². The first kappa shape index (κ1) is 23.7. The van der Waals surface area contributed by atoms with Gasteiger partial charge in [-0.3, -0.25) is 4.79 Å². The summed E-state index contributed by atoms with van der Waals surface area (Å²) in [6.07, 6.45) is 1.65. The Labute approximate surface area is 192 Å². The van der Waals surface area contributed by atoms with Crippen molar-refractivity contribution in [2.75, 3.05) is 51.8 Å². The van der Waals surface area contributed by atoms with Crippen LogP contribution in [0, 0.1) is 0 Å². The van der Waals surface area contributed by atoms with E-state index in [1.54, 1.807) is 29.2 Å². The molecule has 0 unspecified atom stereocenters. The third kappa shape index (κ3) is 5.48. The Morgan fingerprint density at radius 2 is 1.97 bits per heavy atom. The first-order valence-corrected chi connectivity index (χ1v) is 12.4. The molecule has 3 rings (SSSR count). The minimum atomic E-state index is -3.69. The predicted octanol–water partition coefficient (Wildman–Crippen LogP) is 3.32. The number of thiophene rings is 1. The van der Waals surface area contributed by atoms with Crippen LogP contribution in [0.2, 0.25) is 4.34 Å². The van der Waals surface area contributed by atoms with Crippen LogP contribution in [-0.2, 0) is 21.3 Å². The zero-order chi connectivity index (χ0) is 22.6. The molecule has 0 radical (unpaired) electrons. The number of rotatable bonds is 8. The number of morpholine rings is 1. The van der Waals surface area contributed by atoms with Gasteiger partial charge in [-0.2, -0.15) is 0 Å². The van der Waals surface area contributed by atoms with E-state index >= 15 is 0 Å². The van der Waals surface area contributed by atoms with Crippen LogP contribution in [0.15, 0.2) is 47.9 Å². The van der Waals surface area contributed by atoms with Crippen LogP contribution in [-0.4, -0.2) is 70.5 Å². The molecule has 1 saturated heterocycles. The maximum atomic E-state index is 13.6. The quantitative estimate of drug-likeness (QED) is 0.539. The molecule has 0 aliphatic carbocycles. The van der Waals surface area contributed by atoms with Crippen molar-refractivity contribution in [2.45, 2.75) is 11.4 Å². The summed E-state index contributed by atoms with van der Waals surface area (Å²) >= 11 is 7.46. The molecule has 1 fully saturated rings. The number of ether oxygens (including phenoxy) is 1. The van der Waals surface area contributed by atoms with Gasteiger partial charge in [0.1, 0.15) is 0 Å². The van der Waals surface area contributed by atoms with Crippen LogP contribution in [0.4, 0.5) is 5.69 Å². The molecule has 31 heavy (non-hydrogen) atoms. The summed E-state index contributed by atoms with van der Waals surface area (Å²) in [6, 6.07) is 8.41. The van der Waals surface area contributed by atoms with Gasteiger partial charge in [0.2, 0.25) is 10.0 Å². The van der Waals surface area contributed by atoms with Gasteiger partial charge in [-0.05, 0) is 30.3 Å². The second-order valence-corrected chi connectivity index (χ2v) is 11.2. The number of hydrogen-bond acceptors (Lipinski definition) is 6. The van der Waals surface area contributed by atoms with Gasteiger partial charge in [0.05, 0.1) is 34.6 Å². The van der Waals surface area contributed by atoms with E-state index in [4.69, 9.17) is 16.3 Å². The average Bonchev–Trinajstić information content (AvgIpc) is 3.17. The maximum absolute atomic E-state index is 13.6. The molecule has 2 heterocycles. The topological polar surface area (TPSA) is 70.2 Å². The molecular formula is C21H26ClN3O4S2. The van der Waals surface area contributed by atoms with Crippen LogP contribution in [0.25, 0.3) is 0 Å². The fourth-order valence-corrected chi connectivity index (χ4v) is 5.34. The molecule has 1 amide bonds. The Morgan fingerprint density at radius 1 is 1.26 bits per heavy atom. The average molecular weight is 484 g/mol. The minimum absolute atomic E-state index is 0.0792. The Kier molecular flexibility index (Phi) is 7.77. The zero-order valence-corrected chi connectivity index (χ0v) is 20.0. The molecule has 2 aromatic rings. The van der Waals surface area contributed by atoms with Crippen molar-refractivity contribution in [1.29, 1.82) is 0 Å². The van der Waals surface area contributed by atoms with Crippen molar-refractivity contribution in [3.8, 4) is 0 Å². The van der Waals surface area contributed by atoms with E-state index in [1.165, 1.54) is 31.5 Å². The molecule has 0 saturated carbocycles. The first-order chi connectivity index (χ1) is 14.7. The van der Waals surface area contributed by atoms with Gasteiger partial charge in [-0.25, -0.2) is 12.7 Å². The summed E-state index contributed by atoms with van der Waals surface area (Å²) in [5.74, 6) is -0.262. The summed E-state index contributed by atoms with van der Waals surface area (Å²) in [7, 11) is -0.751. The van der Waals surface area contributed by atoms with Crippen molar-refractivity contribution in [1.82, 2.24) is 9.21 Å². The summed E-state index contributed by atoms with van der Waals surface area (Å²) in [4.78, 5) is 18.3. The van der Waals surface area contributed by atoms with E-state index in [2.05, 4.69) is 11.5 Å². The Bertz CT molecular complexity index is 1050. The summed E-state index contributed by atoms with van der Waals surface area (Å²) in [5.41, 5.74) is 1.04. The van der Waals surface area contributed by atoms with Crippen LogP contribution in [0.3, 0.4) is 0 Å². The molecule has 1 aliphatic rings. The van der Waals surface area contributed by atoms with E-state index in [1.807, 2.05) is 6.07 Å². The van der Waals surface area contributed by atoms with Gasteiger partial charge in [-0.1, -0.05) is 17.7 Å². The molecule has 10 heteroatoms. The third-order valence-electron chi connectivity index (χ3n) is 4.94. The predicted molar refractivity (Wildman–Crippen MR) is 125 cm³/mol. The number of nitrogens with zero attached hydrogens (tertiary/aromatic N) is 3. The van der Waals surface area contributed by atoms with Crippen LogP contribution in [0.5, 0.6) is 0 Å². The Balaban J connectivity index is 2.04. The number of halogens is 1. The number of benzene rings is 1. The second-order valence-electron chi connectivity index (χ2n) is 7.25. The smallest absolute Gasteiger partial charge is 0.256 e. The largest absolute Gasteiger partial charge is 0.378 e. The molecular weight excluding hydrogens is 458 g/mol. The Hall–Kier alpha value is -1.91. The molecule has 0 spiro atoms. The van der Waals surface area contributed by atoms with Crippen molar-refractivity contribution < 1.29 is 17.9 Å². The van der Waals surface area contributed by atoms with Crippen molar-refractivity contribution in [3.05, 3.63) is 57.8 Å². The first-order valence-electron chi connectivity index (χ1n) is 9.77. The number of hydrogen-bond donors (Lipinski definition) is 0. The molecule has 0 N–H and O–H groups in total. The molecule has 1 aromatic carbocycles. The lowest BCUT2D eigenvalue weighted by Crippen LogP contribution is -2.38. The monoisotopic (exact) mass is 483 g/mol. The summed E-state index contributed by atoms with van der Waals surface area (Å²) in [6.45, 7) is 6.80. The number of sulfonamides is 1. The third-order valence-corrected chi connectivity index (χ3v) is 7.97. The maximum Gasteiger partial charge on any atom is 0.256 e. The molecule has 1 aliphatic heterocycles. The van der Waals surface area contributed by atoms with Gasteiger partial charge in [0.15, 0.2) is 0 Å². The fourth-order valence-electron chi connectivity index (χ4n) is 3.31. The van der Waals surface area contributed by atoms with Crippen molar-refractivity contribution in [2.24, 2.45) is 0 Å².